The van der Waals surface area contributed by atoms with Gasteiger partial charge >= 0.3 is 5.97 Å². The van der Waals surface area contributed by atoms with E-state index in [0.717, 1.165) is 11.3 Å². The molecule has 0 aromatic heterocycles. The number of carbonyl (C=O) groups is 2. The molecule has 0 radical (unpaired) electrons. The fraction of sp³-hybridized carbons (Fsp3) is 0.158. The highest BCUT2D eigenvalue weighted by Crippen LogP contribution is 2.19. The third-order valence-electron chi connectivity index (χ3n) is 3.18. The van der Waals surface area contributed by atoms with E-state index in [1.807, 2.05) is 31.2 Å². The Kier molecular flexibility index (Phi) is 6.14. The second-order valence-corrected chi connectivity index (χ2v) is 4.87. The third-order valence-corrected chi connectivity index (χ3v) is 3.18. The topological polar surface area (TPSA) is 64.6 Å². The zero-order chi connectivity index (χ0) is 17.4. The lowest BCUT2D eigenvalue weighted by molar-refractivity contribution is -0.111. The van der Waals surface area contributed by atoms with Crippen LogP contribution in [-0.4, -0.2) is 25.6 Å². The standard InChI is InChI=1S/C19H19NO4/c1-3-24-17-10-5-4-7-14(17)11-12-18(21)20-16-9-6-8-15(13-16)19(22)23-2/h4-13H,3H2,1-2H3,(H,20,21)/b12-11+. The van der Waals surface area contributed by atoms with Gasteiger partial charge in [-0.25, -0.2) is 4.79 Å². The van der Waals surface area contributed by atoms with E-state index >= 15 is 0 Å². The summed E-state index contributed by atoms with van der Waals surface area (Å²) in [6, 6.07) is 14.0. The second-order valence-electron chi connectivity index (χ2n) is 4.87. The molecule has 124 valence electrons. The molecule has 2 aromatic carbocycles. The molecule has 0 saturated heterocycles. The first-order chi connectivity index (χ1) is 11.6. The molecule has 24 heavy (non-hydrogen) atoms. The van der Waals surface area contributed by atoms with Crippen molar-refractivity contribution in [1.82, 2.24) is 0 Å². The minimum atomic E-state index is -0.452. The van der Waals surface area contributed by atoms with Crippen LogP contribution in [-0.2, 0) is 9.53 Å². The molecule has 5 nitrogen and oxygen atoms in total. The van der Waals surface area contributed by atoms with Crippen molar-refractivity contribution in [3.05, 3.63) is 65.7 Å². The summed E-state index contributed by atoms with van der Waals surface area (Å²) in [6.07, 6.45) is 3.10. The van der Waals surface area contributed by atoms with Crippen molar-refractivity contribution < 1.29 is 19.1 Å². The Balaban J connectivity index is 2.07. The van der Waals surface area contributed by atoms with Gasteiger partial charge in [-0.1, -0.05) is 24.3 Å². The second kappa shape index (κ2) is 8.53. The number of benzene rings is 2. The molecular formula is C19H19NO4. The van der Waals surface area contributed by atoms with Crippen LogP contribution < -0.4 is 10.1 Å². The number of ether oxygens (including phenoxy) is 2. The first kappa shape index (κ1) is 17.3. The van der Waals surface area contributed by atoms with Crippen LogP contribution in [0, 0.1) is 0 Å². The Morgan fingerprint density at radius 2 is 1.92 bits per heavy atom. The van der Waals surface area contributed by atoms with Crippen LogP contribution in [0.4, 0.5) is 5.69 Å². The molecule has 1 amide bonds. The molecule has 0 spiro atoms. The minimum Gasteiger partial charge on any atom is -0.493 e. The van der Waals surface area contributed by atoms with E-state index in [1.165, 1.54) is 13.2 Å². The molecular weight excluding hydrogens is 306 g/mol. The van der Waals surface area contributed by atoms with Crippen molar-refractivity contribution in [2.45, 2.75) is 6.92 Å². The molecule has 0 aliphatic heterocycles. The predicted molar refractivity (Wildman–Crippen MR) is 93.1 cm³/mol. The molecule has 2 rings (SSSR count). The lowest BCUT2D eigenvalue weighted by atomic mass is 10.2. The molecule has 0 aliphatic rings. The van der Waals surface area contributed by atoms with Crippen molar-refractivity contribution >= 4 is 23.6 Å². The minimum absolute atomic E-state index is 0.302. The van der Waals surface area contributed by atoms with Gasteiger partial charge in [-0.2, -0.15) is 0 Å². The van der Waals surface area contributed by atoms with Crippen LogP contribution in [0.3, 0.4) is 0 Å². The quantitative estimate of drug-likeness (QED) is 0.652. The third kappa shape index (κ3) is 4.71. The average Bonchev–Trinajstić information content (AvgIpc) is 2.61. The summed E-state index contributed by atoms with van der Waals surface area (Å²) in [5.74, 6) is -0.0349. The Hall–Kier alpha value is -3.08. The van der Waals surface area contributed by atoms with Crippen LogP contribution >= 0.6 is 0 Å². The molecule has 2 aromatic rings. The monoisotopic (exact) mass is 325 g/mol. The van der Waals surface area contributed by atoms with E-state index in [4.69, 9.17) is 4.74 Å². The van der Waals surface area contributed by atoms with E-state index in [1.54, 1.807) is 30.3 Å². The zero-order valence-electron chi connectivity index (χ0n) is 13.6. The Morgan fingerprint density at radius 1 is 1.12 bits per heavy atom. The fourth-order valence-corrected chi connectivity index (χ4v) is 2.10. The van der Waals surface area contributed by atoms with Gasteiger partial charge in [0.25, 0.3) is 0 Å². The van der Waals surface area contributed by atoms with Gasteiger partial charge in [0.2, 0.25) is 5.91 Å². The smallest absolute Gasteiger partial charge is 0.337 e. The molecule has 0 unspecified atom stereocenters. The van der Waals surface area contributed by atoms with Crippen LogP contribution in [0.15, 0.2) is 54.6 Å². The highest BCUT2D eigenvalue weighted by Gasteiger charge is 2.06. The van der Waals surface area contributed by atoms with Crippen molar-refractivity contribution in [2.24, 2.45) is 0 Å². The summed E-state index contributed by atoms with van der Waals surface area (Å²) in [6.45, 7) is 2.46. The molecule has 0 fully saturated rings. The lowest BCUT2D eigenvalue weighted by Gasteiger charge is -2.07. The molecule has 0 saturated carbocycles. The maximum atomic E-state index is 12.1. The number of nitrogens with one attached hydrogen (secondary N) is 1. The van der Waals surface area contributed by atoms with Gasteiger partial charge in [0.1, 0.15) is 5.75 Å². The first-order valence-corrected chi connectivity index (χ1v) is 7.53. The normalized spacial score (nSPS) is 10.4. The van der Waals surface area contributed by atoms with Gasteiger partial charge in [-0.05, 0) is 37.3 Å². The number of rotatable bonds is 6. The summed E-state index contributed by atoms with van der Waals surface area (Å²) in [4.78, 5) is 23.5. The number of amides is 1. The number of anilines is 1. The summed E-state index contributed by atoms with van der Waals surface area (Å²) in [7, 11) is 1.31. The first-order valence-electron chi connectivity index (χ1n) is 7.53. The molecule has 0 bridgehead atoms. The summed E-state index contributed by atoms with van der Waals surface area (Å²) in [5.41, 5.74) is 1.71. The van der Waals surface area contributed by atoms with E-state index in [9.17, 15) is 9.59 Å². The Bertz CT molecular complexity index is 753. The average molecular weight is 325 g/mol. The van der Waals surface area contributed by atoms with Crippen molar-refractivity contribution in [3.63, 3.8) is 0 Å². The molecule has 0 aliphatic carbocycles. The number of carbonyl (C=O) groups excluding carboxylic acids is 2. The summed E-state index contributed by atoms with van der Waals surface area (Å²) in [5, 5.41) is 2.71. The van der Waals surface area contributed by atoms with Crippen LogP contribution in [0.25, 0.3) is 6.08 Å². The Morgan fingerprint density at radius 3 is 2.67 bits per heavy atom. The number of hydrogen-bond acceptors (Lipinski definition) is 4. The van der Waals surface area contributed by atoms with Gasteiger partial charge in [0, 0.05) is 17.3 Å². The number of hydrogen-bond donors (Lipinski definition) is 1. The molecule has 0 heterocycles. The van der Waals surface area contributed by atoms with Gasteiger partial charge in [0.05, 0.1) is 19.3 Å². The SMILES string of the molecule is CCOc1ccccc1/C=C/C(=O)Nc1cccc(C(=O)OC)c1. The van der Waals surface area contributed by atoms with E-state index in [-0.39, 0.29) is 5.91 Å². The fourth-order valence-electron chi connectivity index (χ4n) is 2.10. The van der Waals surface area contributed by atoms with E-state index in [2.05, 4.69) is 10.1 Å². The number of methoxy groups -OCH3 is 1. The molecule has 1 N–H and O–H groups in total. The van der Waals surface area contributed by atoms with Crippen LogP contribution in [0.5, 0.6) is 5.75 Å². The predicted octanol–water partition coefficient (Wildman–Crippen LogP) is 3.52. The lowest BCUT2D eigenvalue weighted by Crippen LogP contribution is -2.09. The van der Waals surface area contributed by atoms with Gasteiger partial charge in [0.15, 0.2) is 0 Å². The zero-order valence-corrected chi connectivity index (χ0v) is 13.6. The van der Waals surface area contributed by atoms with Crippen LogP contribution in [0.1, 0.15) is 22.8 Å². The largest absolute Gasteiger partial charge is 0.493 e. The molecule has 0 atom stereocenters. The van der Waals surface area contributed by atoms with Crippen molar-refractivity contribution in [2.75, 3.05) is 19.0 Å². The van der Waals surface area contributed by atoms with Gasteiger partial charge < -0.3 is 14.8 Å². The van der Waals surface area contributed by atoms with Crippen LogP contribution in [0.2, 0.25) is 0 Å². The number of esters is 1. The van der Waals surface area contributed by atoms with Gasteiger partial charge in [-0.3, -0.25) is 4.79 Å². The van der Waals surface area contributed by atoms with Crippen molar-refractivity contribution in [3.8, 4) is 5.75 Å². The summed E-state index contributed by atoms with van der Waals surface area (Å²) < 4.78 is 10.2. The maximum Gasteiger partial charge on any atom is 0.337 e. The molecule has 5 heteroatoms. The highest BCUT2D eigenvalue weighted by atomic mass is 16.5. The summed E-state index contributed by atoms with van der Waals surface area (Å²) >= 11 is 0. The van der Waals surface area contributed by atoms with Crippen molar-refractivity contribution in [1.29, 1.82) is 0 Å². The van der Waals surface area contributed by atoms with E-state index < -0.39 is 5.97 Å². The van der Waals surface area contributed by atoms with E-state index in [0.29, 0.717) is 17.9 Å². The van der Waals surface area contributed by atoms with Gasteiger partial charge in [-0.15, -0.1) is 0 Å². The Labute approximate surface area is 140 Å². The maximum absolute atomic E-state index is 12.1. The highest BCUT2D eigenvalue weighted by molar-refractivity contribution is 6.02. The number of para-hydroxylation sites is 1.